The van der Waals surface area contributed by atoms with Crippen molar-refractivity contribution >= 4 is 29.9 Å². The number of rotatable bonds is 6. The molecule has 2 aliphatic rings. The van der Waals surface area contributed by atoms with Crippen LogP contribution in [0.2, 0.25) is 0 Å². The van der Waals surface area contributed by atoms with E-state index in [4.69, 9.17) is 0 Å². The zero-order valence-electron chi connectivity index (χ0n) is 19.0. The number of nitrogens with one attached hydrogen (secondary N) is 2. The van der Waals surface area contributed by atoms with Gasteiger partial charge in [-0.2, -0.15) is 13.2 Å². The zero-order valence-corrected chi connectivity index (χ0v) is 21.3. The molecule has 3 rings (SSSR count). The monoisotopic (exact) mass is 568 g/mol. The van der Waals surface area contributed by atoms with Gasteiger partial charge in [-0.3, -0.25) is 9.89 Å². The van der Waals surface area contributed by atoms with E-state index in [2.05, 4.69) is 37.4 Å². The smallest absolute Gasteiger partial charge is 0.355 e. The van der Waals surface area contributed by atoms with E-state index in [0.29, 0.717) is 6.54 Å². The Morgan fingerprint density at radius 3 is 2.50 bits per heavy atom. The Morgan fingerprint density at radius 1 is 1.06 bits per heavy atom. The van der Waals surface area contributed by atoms with Gasteiger partial charge >= 0.3 is 6.18 Å². The van der Waals surface area contributed by atoms with Crippen molar-refractivity contribution in [1.82, 2.24) is 25.3 Å². The Balaban J connectivity index is 0.00000363. The maximum atomic E-state index is 12.7. The molecule has 1 unspecified atom stereocenters. The molecule has 2 fully saturated rings. The molecule has 2 saturated heterocycles. The minimum Gasteiger partial charge on any atom is -0.355 e. The average molecular weight is 568 g/mol. The van der Waals surface area contributed by atoms with E-state index in [1.165, 1.54) is 6.42 Å². The topological polar surface area (TPSA) is 46.1 Å². The van der Waals surface area contributed by atoms with Crippen LogP contribution in [0.15, 0.2) is 29.3 Å². The fourth-order valence-electron chi connectivity index (χ4n) is 4.20. The normalized spacial score (nSPS) is 21.8. The average Bonchev–Trinajstić information content (AvgIpc) is 3.06. The predicted octanol–water partition coefficient (Wildman–Crippen LogP) is 2.70. The highest BCUT2D eigenvalue weighted by Gasteiger charge is 2.30. The van der Waals surface area contributed by atoms with Gasteiger partial charge in [0.15, 0.2) is 5.96 Å². The Morgan fingerprint density at radius 2 is 1.81 bits per heavy atom. The molecule has 6 nitrogen and oxygen atoms in total. The van der Waals surface area contributed by atoms with Gasteiger partial charge in [-0.15, -0.1) is 24.0 Å². The van der Waals surface area contributed by atoms with Crippen molar-refractivity contribution in [3.8, 4) is 0 Å². The minimum absolute atomic E-state index is 0. The first-order valence-electron chi connectivity index (χ1n) is 11.1. The number of nitrogens with zero attached hydrogens (tertiary/aromatic N) is 4. The second kappa shape index (κ2) is 13.0. The molecule has 0 bridgehead atoms. The molecule has 0 spiro atoms. The van der Waals surface area contributed by atoms with Crippen LogP contribution in [-0.4, -0.2) is 93.2 Å². The summed E-state index contributed by atoms with van der Waals surface area (Å²) in [6.45, 7) is 8.79. The Labute approximate surface area is 206 Å². The Kier molecular flexibility index (Phi) is 11.0. The zero-order chi connectivity index (χ0) is 22.3. The lowest BCUT2D eigenvalue weighted by molar-refractivity contribution is -0.137. The van der Waals surface area contributed by atoms with Gasteiger partial charge < -0.3 is 20.4 Å². The molecule has 0 radical (unpaired) electrons. The van der Waals surface area contributed by atoms with Crippen LogP contribution in [0, 0.1) is 0 Å². The standard InChI is InChI=1S/C22H35F3N6.HI/c1-26-21(27-9-13-30-11-3-10-29(2)14-15-30)28-20-8-12-31(17-20)16-18-4-6-19(7-5-18)22(23,24)25;/h4-7,20H,3,8-17H2,1-2H3,(H2,26,27,28);1H. The molecule has 0 aliphatic carbocycles. The predicted molar refractivity (Wildman–Crippen MR) is 134 cm³/mol. The van der Waals surface area contributed by atoms with E-state index < -0.39 is 11.7 Å². The first kappa shape index (κ1) is 27.1. The molecule has 1 atom stereocenters. The molecule has 32 heavy (non-hydrogen) atoms. The molecule has 2 N–H and O–H groups in total. The summed E-state index contributed by atoms with van der Waals surface area (Å²) in [5.41, 5.74) is 0.304. The molecular weight excluding hydrogens is 532 g/mol. The first-order valence-corrected chi connectivity index (χ1v) is 11.1. The highest BCUT2D eigenvalue weighted by Crippen LogP contribution is 2.29. The van der Waals surface area contributed by atoms with Gasteiger partial charge in [0.25, 0.3) is 0 Å². The van der Waals surface area contributed by atoms with E-state index in [-0.39, 0.29) is 30.0 Å². The molecule has 10 heteroatoms. The number of likely N-dealkylation sites (N-methyl/N-ethyl adjacent to an activating group) is 1. The lowest BCUT2D eigenvalue weighted by Gasteiger charge is -2.22. The molecule has 0 saturated carbocycles. The Hall–Kier alpha value is -1.11. The lowest BCUT2D eigenvalue weighted by atomic mass is 10.1. The van der Waals surface area contributed by atoms with Crippen molar-refractivity contribution in [3.63, 3.8) is 0 Å². The molecule has 182 valence electrons. The SMILES string of the molecule is CN=C(NCCN1CCCN(C)CC1)NC1CCN(Cc2ccc(C(F)(F)F)cc2)C1.I. The van der Waals surface area contributed by atoms with Crippen LogP contribution in [0.5, 0.6) is 0 Å². The van der Waals surface area contributed by atoms with Crippen LogP contribution in [0.3, 0.4) is 0 Å². The number of hydrogen-bond donors (Lipinski definition) is 2. The van der Waals surface area contributed by atoms with Crippen LogP contribution < -0.4 is 10.6 Å². The molecule has 2 aliphatic heterocycles. The van der Waals surface area contributed by atoms with E-state index in [0.717, 1.165) is 82.4 Å². The Bertz CT molecular complexity index is 713. The number of halogens is 4. The van der Waals surface area contributed by atoms with Crippen molar-refractivity contribution in [2.75, 3.05) is 66.5 Å². The van der Waals surface area contributed by atoms with Gasteiger partial charge in [0.1, 0.15) is 0 Å². The number of aliphatic imine (C=N–C) groups is 1. The van der Waals surface area contributed by atoms with Crippen molar-refractivity contribution in [2.45, 2.75) is 31.6 Å². The minimum atomic E-state index is -4.28. The van der Waals surface area contributed by atoms with Crippen LogP contribution in [0.4, 0.5) is 13.2 Å². The highest BCUT2D eigenvalue weighted by atomic mass is 127. The van der Waals surface area contributed by atoms with Gasteiger partial charge in [-0.05, 0) is 50.7 Å². The van der Waals surface area contributed by atoms with E-state index >= 15 is 0 Å². The molecular formula is C22H36F3IN6. The molecule has 0 amide bonds. The van der Waals surface area contributed by atoms with Crippen LogP contribution in [-0.2, 0) is 12.7 Å². The fourth-order valence-corrected chi connectivity index (χ4v) is 4.20. The summed E-state index contributed by atoms with van der Waals surface area (Å²) >= 11 is 0. The summed E-state index contributed by atoms with van der Waals surface area (Å²) in [5, 5.41) is 6.91. The van der Waals surface area contributed by atoms with E-state index in [1.54, 1.807) is 19.2 Å². The number of likely N-dealkylation sites (tertiary alicyclic amines) is 1. The molecule has 1 aromatic carbocycles. The summed E-state index contributed by atoms with van der Waals surface area (Å²) in [6, 6.07) is 5.76. The van der Waals surface area contributed by atoms with Crippen molar-refractivity contribution in [3.05, 3.63) is 35.4 Å². The van der Waals surface area contributed by atoms with Gasteiger partial charge in [0, 0.05) is 58.9 Å². The van der Waals surface area contributed by atoms with Gasteiger partial charge in [0.05, 0.1) is 5.56 Å². The number of alkyl halides is 3. The van der Waals surface area contributed by atoms with E-state index in [9.17, 15) is 13.2 Å². The van der Waals surface area contributed by atoms with Crippen molar-refractivity contribution in [1.29, 1.82) is 0 Å². The molecule has 0 aromatic heterocycles. The summed E-state index contributed by atoms with van der Waals surface area (Å²) in [6.07, 6.45) is -2.09. The summed E-state index contributed by atoms with van der Waals surface area (Å²) in [7, 11) is 3.96. The second-order valence-corrected chi connectivity index (χ2v) is 8.56. The highest BCUT2D eigenvalue weighted by molar-refractivity contribution is 14.0. The van der Waals surface area contributed by atoms with Crippen LogP contribution in [0.25, 0.3) is 0 Å². The fraction of sp³-hybridized carbons (Fsp3) is 0.682. The number of guanidine groups is 1. The maximum Gasteiger partial charge on any atom is 0.416 e. The third-order valence-corrected chi connectivity index (χ3v) is 6.06. The lowest BCUT2D eigenvalue weighted by Crippen LogP contribution is -2.46. The number of hydrogen-bond acceptors (Lipinski definition) is 4. The van der Waals surface area contributed by atoms with Gasteiger partial charge in [-0.1, -0.05) is 12.1 Å². The molecule has 2 heterocycles. The summed E-state index contributed by atoms with van der Waals surface area (Å²) in [5.74, 6) is 0.813. The van der Waals surface area contributed by atoms with Crippen LogP contribution >= 0.6 is 24.0 Å². The quantitative estimate of drug-likeness (QED) is 0.314. The summed E-state index contributed by atoms with van der Waals surface area (Å²) in [4.78, 5) is 11.5. The largest absolute Gasteiger partial charge is 0.416 e. The third kappa shape index (κ3) is 8.68. The van der Waals surface area contributed by atoms with E-state index in [1.807, 2.05) is 0 Å². The maximum absolute atomic E-state index is 12.7. The first-order chi connectivity index (χ1) is 14.8. The number of benzene rings is 1. The van der Waals surface area contributed by atoms with Crippen molar-refractivity contribution < 1.29 is 13.2 Å². The summed E-state index contributed by atoms with van der Waals surface area (Å²) < 4.78 is 38.2. The van der Waals surface area contributed by atoms with Crippen molar-refractivity contribution in [2.24, 2.45) is 4.99 Å². The third-order valence-electron chi connectivity index (χ3n) is 6.06. The molecule has 1 aromatic rings. The second-order valence-electron chi connectivity index (χ2n) is 8.56. The van der Waals surface area contributed by atoms with Gasteiger partial charge in [-0.25, -0.2) is 0 Å². The van der Waals surface area contributed by atoms with Crippen LogP contribution in [0.1, 0.15) is 24.0 Å². The van der Waals surface area contributed by atoms with Gasteiger partial charge in [0.2, 0.25) is 0 Å².